The van der Waals surface area contributed by atoms with Crippen molar-refractivity contribution >= 4 is 45.9 Å². The fraction of sp³-hybridized carbons (Fsp3) is 0.478. The van der Waals surface area contributed by atoms with Gasteiger partial charge in [-0.3, -0.25) is 0 Å². The van der Waals surface area contributed by atoms with E-state index in [2.05, 4.69) is 140 Å². The van der Waals surface area contributed by atoms with E-state index in [4.69, 9.17) is 22.4 Å². The van der Waals surface area contributed by atoms with Gasteiger partial charge in [0, 0.05) is 34.5 Å². The molecule has 0 amide bonds. The second-order valence-electron chi connectivity index (χ2n) is 15.1. The van der Waals surface area contributed by atoms with Crippen molar-refractivity contribution in [1.29, 1.82) is 0 Å². The highest BCUT2D eigenvalue weighted by Crippen LogP contribution is 2.51. The van der Waals surface area contributed by atoms with E-state index in [1.165, 1.54) is 10.4 Å². The van der Waals surface area contributed by atoms with Crippen molar-refractivity contribution in [1.82, 2.24) is 0 Å². The Morgan fingerprint density at radius 3 is 1.11 bits per heavy atom. The smallest absolute Gasteiger partial charge is 0.406 e. The Kier molecular flexibility index (Phi) is 22.6. The van der Waals surface area contributed by atoms with Crippen molar-refractivity contribution in [2.24, 2.45) is 0 Å². The van der Waals surface area contributed by atoms with Gasteiger partial charge in [0.25, 0.3) is 8.32 Å². The molecule has 5 nitrogen and oxygen atoms in total. The summed E-state index contributed by atoms with van der Waals surface area (Å²) in [6, 6.07) is 43.1. The van der Waals surface area contributed by atoms with E-state index in [0.717, 1.165) is 42.1 Å². The van der Waals surface area contributed by atoms with Gasteiger partial charge in [-0.15, -0.1) is 0 Å². The van der Waals surface area contributed by atoms with Crippen LogP contribution in [0.2, 0.25) is 16.1 Å². The lowest BCUT2D eigenvalue weighted by atomic mass is 10.2. The summed E-state index contributed by atoms with van der Waals surface area (Å²) >= 11 is 0. The van der Waals surface area contributed by atoms with Crippen LogP contribution in [0.5, 0.6) is 0 Å². The summed E-state index contributed by atoms with van der Waals surface area (Å²) in [6.07, 6.45) is 2.91. The minimum absolute atomic E-state index is 0.190. The van der Waals surface area contributed by atoms with Gasteiger partial charge in [0.2, 0.25) is 8.32 Å². The molecule has 0 spiro atoms. The van der Waals surface area contributed by atoms with E-state index in [9.17, 15) is 0 Å². The molecular weight excluding hydrogens is 717 g/mol. The van der Waals surface area contributed by atoms with Crippen LogP contribution in [-0.4, -0.2) is 66.0 Å². The molecule has 0 bridgehead atoms. The fourth-order valence-electron chi connectivity index (χ4n) is 7.22. The maximum atomic E-state index is 6.22. The second-order valence-corrected chi connectivity index (χ2v) is 27.2. The number of hydrogen-bond acceptors (Lipinski definition) is 5. The minimum Gasteiger partial charge on any atom is -0.417 e. The minimum atomic E-state index is -2.54. The molecule has 0 atom stereocenters. The first-order valence-electron chi connectivity index (χ1n) is 19.9. The van der Waals surface area contributed by atoms with Gasteiger partial charge >= 0.3 is 8.56 Å². The topological polar surface area (TPSA) is 46.2 Å². The van der Waals surface area contributed by atoms with Crippen LogP contribution < -0.4 is 20.7 Å². The number of benzene rings is 4. The van der Waals surface area contributed by atoms with E-state index in [-0.39, 0.29) is 10.1 Å². The monoisotopic (exact) mass is 790 g/mol. The van der Waals surface area contributed by atoms with Crippen molar-refractivity contribution in [3.8, 4) is 0 Å². The molecule has 0 unspecified atom stereocenters. The summed E-state index contributed by atoms with van der Waals surface area (Å²) in [5.74, 6) is 0. The molecule has 4 aromatic rings. The molecule has 8 heteroatoms. The zero-order valence-electron chi connectivity index (χ0n) is 36.3. The predicted molar refractivity (Wildman–Crippen MR) is 241 cm³/mol. The summed E-state index contributed by atoms with van der Waals surface area (Å²) in [5.41, 5.74) is 0. The highest BCUT2D eigenvalue weighted by Gasteiger charge is 2.54. The molecule has 0 fully saturated rings. The van der Waals surface area contributed by atoms with Gasteiger partial charge in [0.05, 0.1) is 6.23 Å². The lowest BCUT2D eigenvalue weighted by Crippen LogP contribution is -2.62. The van der Waals surface area contributed by atoms with Crippen molar-refractivity contribution in [3.05, 3.63) is 121 Å². The molecule has 0 N–H and O–H groups in total. The summed E-state index contributed by atoms with van der Waals surface area (Å²) in [6.45, 7) is 25.5. The van der Waals surface area contributed by atoms with Gasteiger partial charge in [-0.1, -0.05) is 197 Å². The Bertz CT molecular complexity index is 1400. The van der Waals surface area contributed by atoms with Gasteiger partial charge in [-0.2, -0.15) is 0 Å². The van der Waals surface area contributed by atoms with Crippen LogP contribution in [0.15, 0.2) is 121 Å². The first kappa shape index (κ1) is 49.4. The molecule has 4 aromatic carbocycles. The lowest BCUT2D eigenvalue weighted by Gasteiger charge is -2.49. The molecule has 0 radical (unpaired) electrons. The maximum Gasteiger partial charge on any atom is 0.406 e. The Balaban J connectivity index is 0.000000399. The van der Waals surface area contributed by atoms with E-state index >= 15 is 0 Å². The van der Waals surface area contributed by atoms with Gasteiger partial charge in [0.15, 0.2) is 0 Å². The maximum absolute atomic E-state index is 6.22. The number of rotatable bonds is 15. The first-order valence-corrected chi connectivity index (χ1v) is 25.9. The molecule has 4 rings (SSSR count). The quantitative estimate of drug-likeness (QED) is 0.112. The van der Waals surface area contributed by atoms with Crippen LogP contribution in [0.4, 0.5) is 0 Å². The van der Waals surface area contributed by atoms with Crippen molar-refractivity contribution in [2.45, 2.75) is 105 Å². The van der Waals surface area contributed by atoms with Gasteiger partial charge in [-0.25, -0.2) is 0 Å². The van der Waals surface area contributed by atoms with E-state index in [0.29, 0.717) is 6.61 Å². The lowest BCUT2D eigenvalue weighted by molar-refractivity contribution is 0.157. The van der Waals surface area contributed by atoms with E-state index < -0.39 is 25.2 Å². The molecule has 0 saturated carbocycles. The molecule has 54 heavy (non-hydrogen) atoms. The van der Waals surface area contributed by atoms with Crippen LogP contribution in [-0.2, 0) is 22.4 Å². The molecule has 0 aliphatic rings. The van der Waals surface area contributed by atoms with Crippen LogP contribution in [0.3, 0.4) is 0 Å². The van der Waals surface area contributed by atoms with Crippen molar-refractivity contribution in [2.75, 3.05) is 40.8 Å². The number of hydrogen-bond donors (Lipinski definition) is 0. The van der Waals surface area contributed by atoms with Gasteiger partial charge in [-0.05, 0) is 50.2 Å². The SMILES string of the molecule is CC.CCCO[Si](OC)(c1ccccc1)c1ccccc1.CCC[Si](OC)(c1ccccc1)c1ccccc1.CCOC[Si](OC)(C(C)(C)C)C(C)(C)C. The largest absolute Gasteiger partial charge is 0.417 e. The Morgan fingerprint density at radius 1 is 0.481 bits per heavy atom. The molecule has 0 aliphatic heterocycles. The average Bonchev–Trinajstić information content (AvgIpc) is 3.20. The molecular formula is C46H74O5Si3. The summed E-state index contributed by atoms with van der Waals surface area (Å²) in [7, 11) is -1.02. The van der Waals surface area contributed by atoms with Crippen LogP contribution >= 0.6 is 0 Å². The van der Waals surface area contributed by atoms with E-state index in [1.807, 2.05) is 71.4 Å². The second kappa shape index (κ2) is 24.8. The third-order valence-corrected chi connectivity index (χ3v) is 23.8. The zero-order valence-corrected chi connectivity index (χ0v) is 39.3. The molecule has 300 valence electrons. The van der Waals surface area contributed by atoms with Gasteiger partial charge in [0.1, 0.15) is 0 Å². The Hall–Kier alpha value is -2.67. The fourth-order valence-corrected chi connectivity index (χ4v) is 18.9. The first-order chi connectivity index (χ1) is 25.8. The summed E-state index contributed by atoms with van der Waals surface area (Å²) in [4.78, 5) is 0. The van der Waals surface area contributed by atoms with E-state index in [1.54, 1.807) is 7.11 Å². The normalized spacial score (nSPS) is 12.0. The third kappa shape index (κ3) is 12.9. The Morgan fingerprint density at radius 2 is 0.852 bits per heavy atom. The average molecular weight is 791 g/mol. The molecule has 0 saturated heterocycles. The van der Waals surface area contributed by atoms with Crippen LogP contribution in [0, 0.1) is 0 Å². The highest BCUT2D eigenvalue weighted by molar-refractivity contribution is 6.97. The van der Waals surface area contributed by atoms with Crippen LogP contribution in [0.25, 0.3) is 0 Å². The van der Waals surface area contributed by atoms with Gasteiger partial charge < -0.3 is 22.4 Å². The predicted octanol–water partition coefficient (Wildman–Crippen LogP) is 9.90. The van der Waals surface area contributed by atoms with Crippen molar-refractivity contribution in [3.63, 3.8) is 0 Å². The summed E-state index contributed by atoms with van der Waals surface area (Å²) in [5, 5.41) is 5.40. The molecule has 0 heterocycles. The van der Waals surface area contributed by atoms with Crippen LogP contribution in [0.1, 0.15) is 89.0 Å². The molecule has 0 aromatic heterocycles. The third-order valence-electron chi connectivity index (χ3n) is 9.82. The Labute approximate surface area is 334 Å². The molecule has 0 aliphatic carbocycles. The van der Waals surface area contributed by atoms with Crippen molar-refractivity contribution < 1.29 is 22.4 Å². The highest BCUT2D eigenvalue weighted by atomic mass is 28.4. The summed E-state index contributed by atoms with van der Waals surface area (Å²) < 4.78 is 29.9. The number of ether oxygens (including phenoxy) is 1. The zero-order chi connectivity index (χ0) is 40.7. The standard InChI is InChI=1S/C16H20O2Si.C16H20OSi.C12H28O2Si.C2H6/c1-3-14-18-19(17-2,15-10-6-4-7-11-15)16-12-8-5-9-13-16;1-3-14-18(17-2,15-10-6-4-7-11-15)16-12-8-5-9-13-16;1-9-14-10-15(13-8,11(2,3)4)12(5,6)7;1-2/h4-13H,3,14H2,1-2H3;4-13H,3,14H2,1-2H3;9-10H2,1-8H3;1-2H3.